The monoisotopic (exact) mass is 343 g/mol. The van der Waals surface area contributed by atoms with Crippen LogP contribution in [0.1, 0.15) is 0 Å². The van der Waals surface area contributed by atoms with Gasteiger partial charge in [0.15, 0.2) is 17.3 Å². The molecule has 1 aromatic heterocycles. The van der Waals surface area contributed by atoms with Gasteiger partial charge in [-0.1, -0.05) is 33.2 Å². The van der Waals surface area contributed by atoms with Crippen LogP contribution in [0.5, 0.6) is 11.5 Å². The Morgan fingerprint density at radius 3 is 2.71 bits per heavy atom. The number of rotatable bonds is 2. The quantitative estimate of drug-likeness (QED) is 0.687. The SMILES string of the molecule is Brc1cccc(-c2cc(-c3ccc4c(c3)OCO4)no2)c1. The van der Waals surface area contributed by atoms with Gasteiger partial charge in [-0.3, -0.25) is 0 Å². The zero-order valence-electron chi connectivity index (χ0n) is 10.9. The number of hydrogen-bond acceptors (Lipinski definition) is 4. The molecule has 1 aliphatic rings. The van der Waals surface area contributed by atoms with Crippen molar-refractivity contribution in [1.82, 2.24) is 5.16 Å². The van der Waals surface area contributed by atoms with E-state index in [4.69, 9.17) is 14.0 Å². The van der Waals surface area contributed by atoms with Crippen molar-refractivity contribution < 1.29 is 14.0 Å². The molecule has 3 aromatic rings. The predicted octanol–water partition coefficient (Wildman–Crippen LogP) is 4.50. The molecule has 4 nitrogen and oxygen atoms in total. The molecule has 1 aliphatic heterocycles. The van der Waals surface area contributed by atoms with E-state index >= 15 is 0 Å². The molecule has 2 aromatic carbocycles. The number of hydrogen-bond donors (Lipinski definition) is 0. The van der Waals surface area contributed by atoms with Crippen molar-refractivity contribution in [2.45, 2.75) is 0 Å². The molecule has 2 heterocycles. The van der Waals surface area contributed by atoms with Crippen LogP contribution in [0, 0.1) is 0 Å². The second-order valence-corrected chi connectivity index (χ2v) is 5.57. The molecule has 0 saturated heterocycles. The zero-order chi connectivity index (χ0) is 14.2. The standard InChI is InChI=1S/C16H10BrNO3/c17-12-3-1-2-11(6-12)15-8-13(18-21-15)10-4-5-14-16(7-10)20-9-19-14/h1-8H,9H2. The van der Waals surface area contributed by atoms with Crippen LogP contribution >= 0.6 is 15.9 Å². The molecular formula is C16H10BrNO3. The fourth-order valence-electron chi connectivity index (χ4n) is 2.24. The molecule has 0 fully saturated rings. The molecular weight excluding hydrogens is 334 g/mol. The number of aromatic nitrogens is 1. The molecule has 0 radical (unpaired) electrons. The van der Waals surface area contributed by atoms with Crippen molar-refractivity contribution in [1.29, 1.82) is 0 Å². The van der Waals surface area contributed by atoms with Crippen molar-refractivity contribution in [3.05, 3.63) is 53.0 Å². The maximum atomic E-state index is 5.44. The zero-order valence-corrected chi connectivity index (χ0v) is 12.5. The topological polar surface area (TPSA) is 44.5 Å². The lowest BCUT2D eigenvalue weighted by Crippen LogP contribution is -1.92. The summed E-state index contributed by atoms with van der Waals surface area (Å²) in [5, 5.41) is 4.13. The van der Waals surface area contributed by atoms with Crippen LogP contribution in [0.2, 0.25) is 0 Å². The largest absolute Gasteiger partial charge is 0.454 e. The van der Waals surface area contributed by atoms with Crippen LogP contribution in [0.25, 0.3) is 22.6 Å². The Bertz CT molecular complexity index is 813. The summed E-state index contributed by atoms with van der Waals surface area (Å²) < 4.78 is 17.1. The molecule has 4 rings (SSSR count). The third kappa shape index (κ3) is 2.29. The van der Waals surface area contributed by atoms with Crippen LogP contribution in [0.15, 0.2) is 57.5 Å². The van der Waals surface area contributed by atoms with E-state index in [1.165, 1.54) is 0 Å². The highest BCUT2D eigenvalue weighted by molar-refractivity contribution is 9.10. The first-order valence-electron chi connectivity index (χ1n) is 6.42. The number of nitrogens with zero attached hydrogens (tertiary/aromatic N) is 1. The Hall–Kier alpha value is -2.27. The van der Waals surface area contributed by atoms with E-state index in [2.05, 4.69) is 21.1 Å². The lowest BCUT2D eigenvalue weighted by atomic mass is 10.1. The number of fused-ring (bicyclic) bond motifs is 1. The summed E-state index contributed by atoms with van der Waals surface area (Å²) >= 11 is 3.45. The molecule has 0 aliphatic carbocycles. The lowest BCUT2D eigenvalue weighted by molar-refractivity contribution is 0.174. The van der Waals surface area contributed by atoms with E-state index in [0.717, 1.165) is 38.6 Å². The Morgan fingerprint density at radius 1 is 0.905 bits per heavy atom. The van der Waals surface area contributed by atoms with E-state index in [1.807, 2.05) is 48.5 Å². The Balaban J connectivity index is 1.71. The van der Waals surface area contributed by atoms with E-state index in [0.29, 0.717) is 0 Å². The molecule has 0 atom stereocenters. The minimum Gasteiger partial charge on any atom is -0.454 e. The van der Waals surface area contributed by atoms with Crippen LogP contribution < -0.4 is 9.47 Å². The summed E-state index contributed by atoms with van der Waals surface area (Å²) in [7, 11) is 0. The van der Waals surface area contributed by atoms with E-state index in [1.54, 1.807) is 0 Å². The Kier molecular flexibility index (Phi) is 2.93. The first-order chi connectivity index (χ1) is 10.3. The molecule has 5 heteroatoms. The Labute approximate surface area is 129 Å². The second-order valence-electron chi connectivity index (χ2n) is 4.65. The summed E-state index contributed by atoms with van der Waals surface area (Å²) in [6, 6.07) is 15.5. The van der Waals surface area contributed by atoms with E-state index in [9.17, 15) is 0 Å². The number of benzene rings is 2. The van der Waals surface area contributed by atoms with Gasteiger partial charge in [0.25, 0.3) is 0 Å². The van der Waals surface area contributed by atoms with Crippen molar-refractivity contribution in [2.75, 3.05) is 6.79 Å². The molecule has 0 unspecified atom stereocenters. The van der Waals surface area contributed by atoms with Crippen LogP contribution in [-0.2, 0) is 0 Å². The highest BCUT2D eigenvalue weighted by Crippen LogP contribution is 2.36. The Morgan fingerprint density at radius 2 is 1.81 bits per heavy atom. The lowest BCUT2D eigenvalue weighted by Gasteiger charge is -1.98. The number of ether oxygens (including phenoxy) is 2. The molecule has 0 bridgehead atoms. The summed E-state index contributed by atoms with van der Waals surface area (Å²) in [4.78, 5) is 0. The van der Waals surface area contributed by atoms with Gasteiger partial charge in [0, 0.05) is 21.7 Å². The highest BCUT2D eigenvalue weighted by Gasteiger charge is 2.16. The fourth-order valence-corrected chi connectivity index (χ4v) is 2.64. The third-order valence-electron chi connectivity index (χ3n) is 3.29. The molecule has 0 amide bonds. The van der Waals surface area contributed by atoms with Gasteiger partial charge in [0.05, 0.1) is 0 Å². The molecule has 21 heavy (non-hydrogen) atoms. The van der Waals surface area contributed by atoms with Gasteiger partial charge in [-0.25, -0.2) is 0 Å². The maximum Gasteiger partial charge on any atom is 0.231 e. The summed E-state index contributed by atoms with van der Waals surface area (Å²) in [6.07, 6.45) is 0. The number of halogens is 1. The fraction of sp³-hybridized carbons (Fsp3) is 0.0625. The predicted molar refractivity (Wildman–Crippen MR) is 81.2 cm³/mol. The molecule has 0 N–H and O–H groups in total. The van der Waals surface area contributed by atoms with Crippen molar-refractivity contribution >= 4 is 15.9 Å². The van der Waals surface area contributed by atoms with Crippen molar-refractivity contribution in [2.24, 2.45) is 0 Å². The highest BCUT2D eigenvalue weighted by atomic mass is 79.9. The summed E-state index contributed by atoms with van der Waals surface area (Å²) in [6.45, 7) is 0.265. The van der Waals surface area contributed by atoms with E-state index < -0.39 is 0 Å². The molecule has 0 saturated carbocycles. The maximum absolute atomic E-state index is 5.44. The van der Waals surface area contributed by atoms with Gasteiger partial charge in [-0.15, -0.1) is 0 Å². The smallest absolute Gasteiger partial charge is 0.231 e. The average Bonchev–Trinajstić information content (AvgIpc) is 3.15. The summed E-state index contributed by atoms with van der Waals surface area (Å²) in [5.74, 6) is 2.22. The van der Waals surface area contributed by atoms with Gasteiger partial charge in [-0.05, 0) is 30.3 Å². The third-order valence-corrected chi connectivity index (χ3v) is 3.78. The van der Waals surface area contributed by atoms with Gasteiger partial charge in [0.2, 0.25) is 6.79 Å². The van der Waals surface area contributed by atoms with Gasteiger partial charge in [-0.2, -0.15) is 0 Å². The first kappa shape index (κ1) is 12.5. The summed E-state index contributed by atoms with van der Waals surface area (Å²) in [5.41, 5.74) is 2.68. The van der Waals surface area contributed by atoms with Crippen LogP contribution in [0.3, 0.4) is 0 Å². The molecule has 0 spiro atoms. The second kappa shape index (κ2) is 4.93. The normalized spacial score (nSPS) is 12.6. The van der Waals surface area contributed by atoms with E-state index in [-0.39, 0.29) is 6.79 Å². The van der Waals surface area contributed by atoms with Crippen molar-refractivity contribution in [3.8, 4) is 34.1 Å². The van der Waals surface area contributed by atoms with Crippen LogP contribution in [0.4, 0.5) is 0 Å². The van der Waals surface area contributed by atoms with Gasteiger partial charge >= 0.3 is 0 Å². The average molecular weight is 344 g/mol. The first-order valence-corrected chi connectivity index (χ1v) is 7.21. The van der Waals surface area contributed by atoms with Crippen molar-refractivity contribution in [3.63, 3.8) is 0 Å². The minimum absolute atomic E-state index is 0.265. The van der Waals surface area contributed by atoms with Gasteiger partial charge in [0.1, 0.15) is 5.69 Å². The van der Waals surface area contributed by atoms with Crippen LogP contribution in [-0.4, -0.2) is 11.9 Å². The van der Waals surface area contributed by atoms with Gasteiger partial charge < -0.3 is 14.0 Å². The molecule has 104 valence electrons. The minimum atomic E-state index is 0.265.